The molecule has 1 unspecified atom stereocenters. The van der Waals surface area contributed by atoms with Gasteiger partial charge in [0.2, 0.25) is 0 Å². The molecule has 120 valence electrons. The number of rotatable bonds is 3. The molecule has 0 spiro atoms. The van der Waals surface area contributed by atoms with E-state index in [1.54, 1.807) is 0 Å². The van der Waals surface area contributed by atoms with Crippen molar-refractivity contribution in [1.29, 1.82) is 0 Å². The highest BCUT2D eigenvalue weighted by molar-refractivity contribution is 7.51. The van der Waals surface area contributed by atoms with Crippen LogP contribution in [0.2, 0.25) is 0 Å². The monoisotopic (exact) mass is 332 g/mol. The molecule has 3 rings (SSSR count). The van der Waals surface area contributed by atoms with Gasteiger partial charge in [-0.2, -0.15) is 0 Å². The first-order chi connectivity index (χ1) is 10.3. The van der Waals surface area contributed by atoms with Crippen LogP contribution in [0.25, 0.3) is 11.2 Å². The number of ether oxygens (including phenoxy) is 1. The van der Waals surface area contributed by atoms with E-state index in [1.807, 2.05) is 0 Å². The molecule has 1 aliphatic heterocycles. The van der Waals surface area contributed by atoms with Crippen LogP contribution in [0.4, 0.5) is 0 Å². The second-order valence-corrected chi connectivity index (χ2v) is 6.64. The van der Waals surface area contributed by atoms with Gasteiger partial charge in [-0.1, -0.05) is 0 Å². The summed E-state index contributed by atoms with van der Waals surface area (Å²) >= 11 is 0. The van der Waals surface area contributed by atoms with Crippen molar-refractivity contribution in [2.24, 2.45) is 0 Å². The van der Waals surface area contributed by atoms with Crippen LogP contribution in [-0.4, -0.2) is 64.0 Å². The van der Waals surface area contributed by atoms with E-state index in [2.05, 4.69) is 15.0 Å². The van der Waals surface area contributed by atoms with Gasteiger partial charge in [0.25, 0.3) is 5.56 Å². The number of nitrogens with one attached hydrogen (secondary N) is 1. The Morgan fingerprint density at radius 3 is 2.73 bits per heavy atom. The molecule has 0 aliphatic carbocycles. The maximum atomic E-state index is 11.6. The number of aliphatic hydroxyl groups excluding tert-OH is 2. The molecule has 0 aromatic carbocycles. The van der Waals surface area contributed by atoms with Crippen LogP contribution in [0.5, 0.6) is 0 Å². The lowest BCUT2D eigenvalue weighted by Crippen LogP contribution is -2.33. The van der Waals surface area contributed by atoms with Gasteiger partial charge < -0.3 is 29.7 Å². The fraction of sp³-hybridized carbons (Fsp3) is 0.500. The molecule has 0 saturated carbocycles. The Bertz CT molecular complexity index is 798. The first kappa shape index (κ1) is 15.3. The largest absolute Gasteiger partial charge is 0.387 e. The predicted octanol–water partition coefficient (Wildman–Crippen LogP) is -2.08. The Balaban J connectivity index is 1.96. The summed E-state index contributed by atoms with van der Waals surface area (Å²) in [7, 11) is -4.43. The van der Waals surface area contributed by atoms with Crippen molar-refractivity contribution in [3.8, 4) is 0 Å². The Morgan fingerprint density at radius 2 is 2.05 bits per heavy atom. The zero-order valence-electron chi connectivity index (χ0n) is 11.0. The summed E-state index contributed by atoms with van der Waals surface area (Å²) in [5.41, 5.74) is -0.341. The molecule has 2 aromatic rings. The molecular formula is C10H13N4O7P. The van der Waals surface area contributed by atoms with Gasteiger partial charge in [0.05, 0.1) is 18.8 Å². The summed E-state index contributed by atoms with van der Waals surface area (Å²) < 4.78 is 17.6. The molecule has 0 bridgehead atoms. The minimum atomic E-state index is -4.43. The van der Waals surface area contributed by atoms with E-state index < -0.39 is 43.9 Å². The molecule has 0 amide bonds. The van der Waals surface area contributed by atoms with Gasteiger partial charge in [-0.15, -0.1) is 0 Å². The lowest BCUT2D eigenvalue weighted by molar-refractivity contribution is -0.0300. The van der Waals surface area contributed by atoms with E-state index in [9.17, 15) is 19.6 Å². The van der Waals surface area contributed by atoms with E-state index in [-0.39, 0.29) is 11.2 Å². The third-order valence-electron chi connectivity index (χ3n) is 3.39. The van der Waals surface area contributed by atoms with Crippen LogP contribution in [-0.2, 0) is 9.30 Å². The second kappa shape index (κ2) is 5.23. The maximum absolute atomic E-state index is 11.6. The number of aliphatic hydroxyl groups is 2. The minimum absolute atomic E-state index is 0.0197. The van der Waals surface area contributed by atoms with Gasteiger partial charge in [0, 0.05) is 0 Å². The van der Waals surface area contributed by atoms with Gasteiger partial charge in [0.1, 0.15) is 18.3 Å². The van der Waals surface area contributed by atoms with Crippen molar-refractivity contribution in [1.82, 2.24) is 19.5 Å². The standard InChI is InChI=1S/C10H13N4O7P/c15-6-4(1-22(18,19)20)21-10(7(6)16)14-3-13-5-8(14)11-2-12-9(5)17/h2-4,6-7,10,15-16H,1H2,(H,11,12,17)(H2,18,19,20)/t4-,6-,7-,10?/m1/s1. The maximum Gasteiger partial charge on any atom is 0.328 e. The molecular weight excluding hydrogens is 319 g/mol. The van der Waals surface area contributed by atoms with Crippen molar-refractivity contribution in [3.05, 3.63) is 23.0 Å². The van der Waals surface area contributed by atoms with E-state index in [0.29, 0.717) is 0 Å². The van der Waals surface area contributed by atoms with E-state index in [1.165, 1.54) is 10.9 Å². The fourth-order valence-electron chi connectivity index (χ4n) is 2.39. The Hall–Kier alpha value is -1.62. The molecule has 11 nitrogen and oxygen atoms in total. The molecule has 22 heavy (non-hydrogen) atoms. The smallest absolute Gasteiger partial charge is 0.328 e. The fourth-order valence-corrected chi connectivity index (χ4v) is 3.16. The minimum Gasteiger partial charge on any atom is -0.387 e. The van der Waals surface area contributed by atoms with Gasteiger partial charge in [-0.25, -0.2) is 9.97 Å². The third-order valence-corrected chi connectivity index (χ3v) is 4.23. The highest BCUT2D eigenvalue weighted by Gasteiger charge is 2.46. The molecule has 5 N–H and O–H groups in total. The van der Waals surface area contributed by atoms with Crippen molar-refractivity contribution in [2.75, 3.05) is 6.16 Å². The predicted molar refractivity (Wildman–Crippen MR) is 71.0 cm³/mol. The summed E-state index contributed by atoms with van der Waals surface area (Å²) in [6, 6.07) is 0. The topological polar surface area (TPSA) is 171 Å². The summed E-state index contributed by atoms with van der Waals surface area (Å²) in [5.74, 6) is 0. The van der Waals surface area contributed by atoms with Crippen LogP contribution in [0, 0.1) is 0 Å². The first-order valence-electron chi connectivity index (χ1n) is 6.24. The number of fused-ring (bicyclic) bond motifs is 1. The van der Waals surface area contributed by atoms with E-state index >= 15 is 0 Å². The number of hydrogen-bond acceptors (Lipinski definition) is 7. The highest BCUT2D eigenvalue weighted by Crippen LogP contribution is 2.41. The number of hydrogen-bond donors (Lipinski definition) is 5. The van der Waals surface area contributed by atoms with Gasteiger partial charge >= 0.3 is 7.60 Å². The number of aromatic amines is 1. The van der Waals surface area contributed by atoms with E-state index in [0.717, 1.165) is 6.33 Å². The SMILES string of the molecule is O=c1[nH]cnc2c1ncn2C1O[C@H](CP(=O)(O)O)[C@@H](O)[C@H]1O. The Morgan fingerprint density at radius 1 is 1.32 bits per heavy atom. The number of aromatic nitrogens is 4. The Kier molecular flexibility index (Phi) is 3.63. The van der Waals surface area contributed by atoms with Crippen LogP contribution >= 0.6 is 7.60 Å². The number of nitrogens with zero attached hydrogens (tertiary/aromatic N) is 3. The molecule has 3 heterocycles. The summed E-state index contributed by atoms with van der Waals surface area (Å²) in [4.78, 5) is 39.6. The van der Waals surface area contributed by atoms with Gasteiger partial charge in [0.15, 0.2) is 17.4 Å². The average Bonchev–Trinajstić information content (AvgIpc) is 2.95. The molecule has 0 radical (unpaired) electrons. The normalized spacial score (nSPS) is 29.3. The third kappa shape index (κ3) is 2.58. The van der Waals surface area contributed by atoms with Crippen LogP contribution in [0.3, 0.4) is 0 Å². The lowest BCUT2D eigenvalue weighted by atomic mass is 10.1. The molecule has 1 saturated heterocycles. The van der Waals surface area contributed by atoms with Crippen molar-refractivity contribution in [2.45, 2.75) is 24.5 Å². The summed E-state index contributed by atoms with van der Waals surface area (Å²) in [6.07, 6.45) is -3.73. The van der Waals surface area contributed by atoms with Crippen molar-refractivity contribution < 1.29 is 29.3 Å². The van der Waals surface area contributed by atoms with E-state index in [4.69, 9.17) is 14.5 Å². The zero-order valence-corrected chi connectivity index (χ0v) is 11.9. The lowest BCUT2D eigenvalue weighted by Gasteiger charge is -2.16. The Labute approximate surface area is 122 Å². The van der Waals surface area contributed by atoms with Crippen LogP contribution < -0.4 is 5.56 Å². The van der Waals surface area contributed by atoms with Crippen LogP contribution in [0.15, 0.2) is 17.4 Å². The van der Waals surface area contributed by atoms with Crippen molar-refractivity contribution >= 4 is 18.8 Å². The second-order valence-electron chi connectivity index (χ2n) is 4.95. The van der Waals surface area contributed by atoms with Crippen molar-refractivity contribution in [3.63, 3.8) is 0 Å². The first-order valence-corrected chi connectivity index (χ1v) is 8.04. The van der Waals surface area contributed by atoms with Gasteiger partial charge in [-0.3, -0.25) is 13.9 Å². The van der Waals surface area contributed by atoms with Crippen LogP contribution in [0.1, 0.15) is 6.23 Å². The molecule has 1 aliphatic rings. The molecule has 12 heteroatoms. The quantitative estimate of drug-likeness (QED) is 0.395. The number of imidazole rings is 1. The highest BCUT2D eigenvalue weighted by atomic mass is 31.2. The molecule has 4 atom stereocenters. The summed E-state index contributed by atoms with van der Waals surface area (Å²) in [5, 5.41) is 19.9. The van der Waals surface area contributed by atoms with Gasteiger partial charge in [-0.05, 0) is 0 Å². The summed E-state index contributed by atoms with van der Waals surface area (Å²) in [6.45, 7) is 0. The molecule has 1 fully saturated rings. The molecule has 2 aromatic heterocycles. The zero-order chi connectivity index (χ0) is 16.1. The average molecular weight is 332 g/mol. The number of H-pyrrole nitrogens is 1.